The van der Waals surface area contributed by atoms with Crippen molar-refractivity contribution in [2.24, 2.45) is 0 Å². The highest BCUT2D eigenvalue weighted by molar-refractivity contribution is 5.92. The molecule has 0 aliphatic carbocycles. The van der Waals surface area contributed by atoms with Crippen molar-refractivity contribution in [1.82, 2.24) is 0 Å². The second kappa shape index (κ2) is 8.07. The van der Waals surface area contributed by atoms with Gasteiger partial charge >= 0.3 is 0 Å². The predicted octanol–water partition coefficient (Wildman–Crippen LogP) is 3.84. The Bertz CT molecular complexity index is 569. The molecule has 1 amide bonds. The van der Waals surface area contributed by atoms with Crippen molar-refractivity contribution in [1.29, 1.82) is 0 Å². The Morgan fingerprint density at radius 1 is 1.05 bits per heavy atom. The number of rotatable bonds is 7. The van der Waals surface area contributed by atoms with E-state index >= 15 is 0 Å². The smallest absolute Gasteiger partial charge is 0.226 e. The SMILES string of the molecule is CCOCCC(=O)Nc1ccccc1Oc1ccccc1. The lowest BCUT2D eigenvalue weighted by Crippen LogP contribution is -2.14. The van der Waals surface area contributed by atoms with Crippen LogP contribution in [0.1, 0.15) is 13.3 Å². The molecule has 0 spiro atoms. The first kappa shape index (κ1) is 15.1. The Kier molecular flexibility index (Phi) is 5.79. The molecule has 2 aromatic carbocycles. The van der Waals surface area contributed by atoms with Gasteiger partial charge in [-0.1, -0.05) is 30.3 Å². The van der Waals surface area contributed by atoms with Crippen LogP contribution in [0.3, 0.4) is 0 Å². The number of benzene rings is 2. The summed E-state index contributed by atoms with van der Waals surface area (Å²) in [7, 11) is 0. The molecule has 0 unspecified atom stereocenters. The summed E-state index contributed by atoms with van der Waals surface area (Å²) in [5, 5.41) is 2.85. The molecule has 0 saturated heterocycles. The van der Waals surface area contributed by atoms with E-state index in [0.717, 1.165) is 5.75 Å². The molecule has 0 bridgehead atoms. The molecule has 0 radical (unpaired) electrons. The number of para-hydroxylation sites is 3. The summed E-state index contributed by atoms with van der Waals surface area (Å²) in [5.74, 6) is 1.26. The van der Waals surface area contributed by atoms with E-state index in [9.17, 15) is 4.79 Å². The zero-order valence-corrected chi connectivity index (χ0v) is 12.0. The minimum Gasteiger partial charge on any atom is -0.455 e. The quantitative estimate of drug-likeness (QED) is 0.786. The van der Waals surface area contributed by atoms with Crippen molar-refractivity contribution < 1.29 is 14.3 Å². The van der Waals surface area contributed by atoms with Gasteiger partial charge in [0.1, 0.15) is 5.75 Å². The fourth-order valence-electron chi connectivity index (χ4n) is 1.80. The molecule has 0 aliphatic rings. The van der Waals surface area contributed by atoms with Gasteiger partial charge in [0.15, 0.2) is 5.75 Å². The maximum atomic E-state index is 11.8. The molecule has 2 aromatic rings. The van der Waals surface area contributed by atoms with E-state index in [1.54, 1.807) is 0 Å². The molecule has 4 nitrogen and oxygen atoms in total. The van der Waals surface area contributed by atoms with Gasteiger partial charge in [0.05, 0.1) is 18.7 Å². The van der Waals surface area contributed by atoms with Crippen molar-refractivity contribution in [3.63, 3.8) is 0 Å². The van der Waals surface area contributed by atoms with Crippen LogP contribution in [0.15, 0.2) is 54.6 Å². The van der Waals surface area contributed by atoms with E-state index < -0.39 is 0 Å². The van der Waals surface area contributed by atoms with Crippen LogP contribution in [0.2, 0.25) is 0 Å². The first-order chi connectivity index (χ1) is 10.3. The van der Waals surface area contributed by atoms with Gasteiger partial charge in [-0.2, -0.15) is 0 Å². The molecule has 0 aliphatic heterocycles. The van der Waals surface area contributed by atoms with Crippen LogP contribution in [0, 0.1) is 0 Å². The van der Waals surface area contributed by atoms with Crippen molar-refractivity contribution in [2.45, 2.75) is 13.3 Å². The number of carbonyl (C=O) groups excluding carboxylic acids is 1. The Balaban J connectivity index is 2.01. The Morgan fingerprint density at radius 2 is 1.76 bits per heavy atom. The highest BCUT2D eigenvalue weighted by atomic mass is 16.5. The largest absolute Gasteiger partial charge is 0.455 e. The number of hydrogen-bond acceptors (Lipinski definition) is 3. The van der Waals surface area contributed by atoms with E-state index in [0.29, 0.717) is 31.1 Å². The van der Waals surface area contributed by atoms with Crippen LogP contribution in [0.25, 0.3) is 0 Å². The topological polar surface area (TPSA) is 47.6 Å². The molecule has 2 rings (SSSR count). The standard InChI is InChI=1S/C17H19NO3/c1-2-20-13-12-17(19)18-15-10-6-7-11-16(15)21-14-8-4-3-5-9-14/h3-11H,2,12-13H2,1H3,(H,18,19). The third kappa shape index (κ3) is 4.93. The van der Waals surface area contributed by atoms with Gasteiger partial charge in [-0.3, -0.25) is 4.79 Å². The molecule has 0 saturated carbocycles. The summed E-state index contributed by atoms with van der Waals surface area (Å²) < 4.78 is 11.0. The second-order valence-electron chi connectivity index (χ2n) is 4.41. The highest BCUT2D eigenvalue weighted by Gasteiger charge is 2.08. The third-order valence-corrected chi connectivity index (χ3v) is 2.81. The summed E-state index contributed by atoms with van der Waals surface area (Å²) >= 11 is 0. The van der Waals surface area contributed by atoms with Crippen molar-refractivity contribution in [2.75, 3.05) is 18.5 Å². The Hall–Kier alpha value is -2.33. The molecule has 0 atom stereocenters. The third-order valence-electron chi connectivity index (χ3n) is 2.81. The van der Waals surface area contributed by atoms with Crippen LogP contribution in [-0.4, -0.2) is 19.1 Å². The van der Waals surface area contributed by atoms with Gasteiger partial charge in [-0.05, 0) is 31.2 Å². The van der Waals surface area contributed by atoms with E-state index in [4.69, 9.17) is 9.47 Å². The Labute approximate surface area is 124 Å². The highest BCUT2D eigenvalue weighted by Crippen LogP contribution is 2.29. The maximum absolute atomic E-state index is 11.8. The van der Waals surface area contributed by atoms with Crippen molar-refractivity contribution in [3.8, 4) is 11.5 Å². The predicted molar refractivity (Wildman–Crippen MR) is 82.7 cm³/mol. The zero-order chi connectivity index (χ0) is 14.9. The van der Waals surface area contributed by atoms with Crippen molar-refractivity contribution >= 4 is 11.6 Å². The lowest BCUT2D eigenvalue weighted by molar-refractivity contribution is -0.117. The average Bonchev–Trinajstić information content (AvgIpc) is 2.51. The molecule has 4 heteroatoms. The van der Waals surface area contributed by atoms with E-state index in [2.05, 4.69) is 5.32 Å². The van der Waals surface area contributed by atoms with E-state index in [1.165, 1.54) is 0 Å². The second-order valence-corrected chi connectivity index (χ2v) is 4.41. The summed E-state index contributed by atoms with van der Waals surface area (Å²) in [6.45, 7) is 2.94. The van der Waals surface area contributed by atoms with Gasteiger partial charge in [-0.15, -0.1) is 0 Å². The zero-order valence-electron chi connectivity index (χ0n) is 12.0. The van der Waals surface area contributed by atoms with Gasteiger partial charge in [-0.25, -0.2) is 0 Å². The van der Waals surface area contributed by atoms with E-state index in [1.807, 2.05) is 61.5 Å². The summed E-state index contributed by atoms with van der Waals surface area (Å²) in [5.41, 5.74) is 0.655. The van der Waals surface area contributed by atoms with Crippen LogP contribution in [0.5, 0.6) is 11.5 Å². The molecular formula is C17H19NO3. The molecular weight excluding hydrogens is 266 g/mol. The van der Waals surface area contributed by atoms with Crippen LogP contribution >= 0.6 is 0 Å². The first-order valence-electron chi connectivity index (χ1n) is 6.99. The van der Waals surface area contributed by atoms with Crippen molar-refractivity contribution in [3.05, 3.63) is 54.6 Å². The maximum Gasteiger partial charge on any atom is 0.226 e. The van der Waals surface area contributed by atoms with Gasteiger partial charge < -0.3 is 14.8 Å². The Morgan fingerprint density at radius 3 is 2.52 bits per heavy atom. The lowest BCUT2D eigenvalue weighted by atomic mass is 10.2. The van der Waals surface area contributed by atoms with Gasteiger partial charge in [0.25, 0.3) is 0 Å². The minimum absolute atomic E-state index is 0.0902. The van der Waals surface area contributed by atoms with Crippen LogP contribution < -0.4 is 10.1 Å². The normalized spacial score (nSPS) is 10.1. The number of ether oxygens (including phenoxy) is 2. The van der Waals surface area contributed by atoms with Crippen LogP contribution in [0.4, 0.5) is 5.69 Å². The molecule has 1 N–H and O–H groups in total. The molecule has 0 aromatic heterocycles. The summed E-state index contributed by atoms with van der Waals surface area (Å²) in [6, 6.07) is 16.8. The van der Waals surface area contributed by atoms with Gasteiger partial charge in [0, 0.05) is 6.61 Å². The number of anilines is 1. The fourth-order valence-corrected chi connectivity index (χ4v) is 1.80. The summed E-state index contributed by atoms with van der Waals surface area (Å²) in [4.78, 5) is 11.8. The minimum atomic E-state index is -0.0902. The summed E-state index contributed by atoms with van der Waals surface area (Å²) in [6.07, 6.45) is 0.327. The molecule has 0 fully saturated rings. The lowest BCUT2D eigenvalue weighted by Gasteiger charge is -2.12. The number of hydrogen-bond donors (Lipinski definition) is 1. The number of carbonyl (C=O) groups is 1. The molecule has 21 heavy (non-hydrogen) atoms. The average molecular weight is 285 g/mol. The number of amides is 1. The molecule has 0 heterocycles. The van der Waals surface area contributed by atoms with E-state index in [-0.39, 0.29) is 5.91 Å². The number of nitrogens with one attached hydrogen (secondary N) is 1. The monoisotopic (exact) mass is 285 g/mol. The fraction of sp³-hybridized carbons (Fsp3) is 0.235. The molecule has 110 valence electrons. The first-order valence-corrected chi connectivity index (χ1v) is 6.99. The van der Waals surface area contributed by atoms with Crippen LogP contribution in [-0.2, 0) is 9.53 Å². The van der Waals surface area contributed by atoms with Gasteiger partial charge in [0.2, 0.25) is 5.91 Å².